The first-order chi connectivity index (χ1) is 12.6. The van der Waals surface area contributed by atoms with Crippen LogP contribution in [0.15, 0.2) is 29.4 Å². The zero-order valence-corrected chi connectivity index (χ0v) is 16.3. The number of nitrogens with one attached hydrogen (secondary N) is 1. The molecule has 7 heteroatoms. The van der Waals surface area contributed by atoms with E-state index in [1.807, 2.05) is 12.1 Å². The normalized spacial score (nSPS) is 15.3. The highest BCUT2D eigenvalue weighted by Gasteiger charge is 2.15. The third-order valence-electron chi connectivity index (χ3n) is 4.89. The van der Waals surface area contributed by atoms with E-state index in [4.69, 9.17) is 0 Å². The molecule has 0 spiro atoms. The van der Waals surface area contributed by atoms with Crippen LogP contribution in [0.4, 0.5) is 0 Å². The van der Waals surface area contributed by atoms with Gasteiger partial charge in [0.1, 0.15) is 0 Å². The Bertz CT molecular complexity index is 707. The summed E-state index contributed by atoms with van der Waals surface area (Å²) in [4.78, 5) is 12.1. The lowest BCUT2D eigenvalue weighted by Gasteiger charge is -2.21. The largest absolute Gasteiger partial charge is 0.355 e. The quantitative estimate of drug-likeness (QED) is 0.751. The van der Waals surface area contributed by atoms with Crippen molar-refractivity contribution in [1.82, 2.24) is 25.5 Å². The lowest BCUT2D eigenvalue weighted by molar-refractivity contribution is -0.118. The molecule has 0 radical (unpaired) electrons. The molecule has 1 aliphatic carbocycles. The minimum atomic E-state index is 0.0466. The monoisotopic (exact) mass is 373 g/mol. The van der Waals surface area contributed by atoms with Crippen LogP contribution in [0.3, 0.4) is 0 Å². The molecule has 26 heavy (non-hydrogen) atoms. The molecule has 2 aromatic rings. The molecule has 1 N–H and O–H groups in total. The number of carbonyl (C=O) groups is 1. The van der Waals surface area contributed by atoms with Gasteiger partial charge in [-0.3, -0.25) is 4.79 Å². The van der Waals surface area contributed by atoms with Crippen molar-refractivity contribution in [1.29, 1.82) is 0 Å². The van der Waals surface area contributed by atoms with E-state index in [1.54, 1.807) is 4.68 Å². The summed E-state index contributed by atoms with van der Waals surface area (Å²) in [7, 11) is 0. The number of rotatable bonds is 7. The van der Waals surface area contributed by atoms with Crippen molar-refractivity contribution in [2.45, 2.75) is 57.0 Å². The minimum Gasteiger partial charge on any atom is -0.355 e. The van der Waals surface area contributed by atoms with Gasteiger partial charge in [-0.1, -0.05) is 57.0 Å². The highest BCUT2D eigenvalue weighted by Crippen LogP contribution is 2.23. The summed E-state index contributed by atoms with van der Waals surface area (Å²) in [5, 5.41) is 15.6. The summed E-state index contributed by atoms with van der Waals surface area (Å²) in [6.07, 6.45) is 6.39. The molecule has 1 fully saturated rings. The molecule has 0 atom stereocenters. The first-order valence-electron chi connectivity index (χ1n) is 9.41. The van der Waals surface area contributed by atoms with Gasteiger partial charge < -0.3 is 5.32 Å². The lowest BCUT2D eigenvalue weighted by atomic mass is 9.89. The highest BCUT2D eigenvalue weighted by molar-refractivity contribution is 7.99. The van der Waals surface area contributed by atoms with E-state index in [9.17, 15) is 4.79 Å². The van der Waals surface area contributed by atoms with Crippen LogP contribution in [0.1, 0.15) is 57.4 Å². The van der Waals surface area contributed by atoms with Crippen LogP contribution in [0.5, 0.6) is 0 Å². The molecule has 1 amide bonds. The molecule has 1 heterocycles. The van der Waals surface area contributed by atoms with Crippen molar-refractivity contribution < 1.29 is 4.79 Å². The van der Waals surface area contributed by atoms with Gasteiger partial charge in [-0.2, -0.15) is 4.68 Å². The number of thioether (sulfide) groups is 1. The van der Waals surface area contributed by atoms with Gasteiger partial charge in [-0.15, -0.1) is 5.10 Å². The Morgan fingerprint density at radius 2 is 1.96 bits per heavy atom. The number of amides is 1. The number of hydrogen-bond donors (Lipinski definition) is 1. The van der Waals surface area contributed by atoms with Gasteiger partial charge in [0.15, 0.2) is 0 Å². The molecule has 1 saturated carbocycles. The molecule has 1 aliphatic rings. The maximum atomic E-state index is 12.1. The summed E-state index contributed by atoms with van der Waals surface area (Å²) in [6.45, 7) is 5.12. The molecule has 3 rings (SSSR count). The van der Waals surface area contributed by atoms with Crippen LogP contribution in [0.2, 0.25) is 0 Å². The molecule has 6 nitrogen and oxygen atoms in total. The Balaban J connectivity index is 1.52. The lowest BCUT2D eigenvalue weighted by Crippen LogP contribution is -2.31. The average molecular weight is 374 g/mol. The van der Waals surface area contributed by atoms with E-state index < -0.39 is 0 Å². The number of hydrogen-bond acceptors (Lipinski definition) is 5. The van der Waals surface area contributed by atoms with E-state index in [-0.39, 0.29) is 5.91 Å². The van der Waals surface area contributed by atoms with E-state index in [0.717, 1.165) is 12.2 Å². The third kappa shape index (κ3) is 5.06. The van der Waals surface area contributed by atoms with Gasteiger partial charge in [0, 0.05) is 6.54 Å². The fourth-order valence-electron chi connectivity index (χ4n) is 3.26. The van der Waals surface area contributed by atoms with Crippen LogP contribution in [0.25, 0.3) is 5.69 Å². The molecule has 0 unspecified atom stereocenters. The fraction of sp³-hybridized carbons (Fsp3) is 0.579. The second-order valence-electron chi connectivity index (χ2n) is 7.22. The molecule has 0 aliphatic heterocycles. The Morgan fingerprint density at radius 1 is 1.23 bits per heavy atom. The van der Waals surface area contributed by atoms with Crippen LogP contribution in [-0.4, -0.2) is 38.4 Å². The van der Waals surface area contributed by atoms with Crippen molar-refractivity contribution in [3.05, 3.63) is 29.8 Å². The molecule has 0 saturated heterocycles. The summed E-state index contributed by atoms with van der Waals surface area (Å²) in [5.41, 5.74) is 2.18. The molecule has 140 valence electrons. The van der Waals surface area contributed by atoms with E-state index in [2.05, 4.69) is 46.8 Å². The molecule has 1 aromatic carbocycles. The van der Waals surface area contributed by atoms with Crippen molar-refractivity contribution in [2.75, 3.05) is 12.3 Å². The van der Waals surface area contributed by atoms with Crippen LogP contribution < -0.4 is 5.32 Å². The molecular formula is C19H27N5OS. The Hall–Kier alpha value is -1.89. The zero-order valence-electron chi connectivity index (χ0n) is 15.5. The Kier molecular flexibility index (Phi) is 6.66. The van der Waals surface area contributed by atoms with Crippen LogP contribution in [-0.2, 0) is 4.79 Å². The smallest absolute Gasteiger partial charge is 0.230 e. The predicted octanol–water partition coefficient (Wildman–Crippen LogP) is 3.57. The second kappa shape index (κ2) is 9.16. The number of carbonyl (C=O) groups excluding carboxylic acids is 1. The van der Waals surface area contributed by atoms with E-state index >= 15 is 0 Å². The van der Waals surface area contributed by atoms with Gasteiger partial charge in [-0.25, -0.2) is 0 Å². The maximum Gasteiger partial charge on any atom is 0.230 e. The average Bonchev–Trinajstić information content (AvgIpc) is 3.14. The van der Waals surface area contributed by atoms with Crippen molar-refractivity contribution in [2.24, 2.45) is 5.92 Å². The summed E-state index contributed by atoms with van der Waals surface area (Å²) in [5.74, 6) is 1.50. The topological polar surface area (TPSA) is 72.7 Å². The summed E-state index contributed by atoms with van der Waals surface area (Å²) in [6, 6.07) is 8.21. The molecular weight excluding hydrogens is 346 g/mol. The third-order valence-corrected chi connectivity index (χ3v) is 5.81. The Labute approximate surface area is 159 Å². The molecule has 0 bridgehead atoms. The number of aromatic nitrogens is 4. The van der Waals surface area contributed by atoms with Gasteiger partial charge >= 0.3 is 0 Å². The van der Waals surface area contributed by atoms with Gasteiger partial charge in [0.05, 0.1) is 11.4 Å². The summed E-state index contributed by atoms with van der Waals surface area (Å²) < 4.78 is 1.68. The molecule has 1 aromatic heterocycles. The van der Waals surface area contributed by atoms with Gasteiger partial charge in [0.25, 0.3) is 0 Å². The highest BCUT2D eigenvalue weighted by atomic mass is 32.2. The SMILES string of the molecule is CC(C)c1ccc(-n2nnnc2SCC(=O)NCC2CCCCC2)cc1. The van der Waals surface area contributed by atoms with Crippen LogP contribution >= 0.6 is 11.8 Å². The van der Waals surface area contributed by atoms with Crippen LogP contribution in [0, 0.1) is 5.92 Å². The second-order valence-corrected chi connectivity index (χ2v) is 8.16. The number of nitrogens with zero attached hydrogens (tertiary/aromatic N) is 4. The van der Waals surface area contributed by atoms with Gasteiger partial charge in [-0.05, 0) is 52.8 Å². The van der Waals surface area contributed by atoms with Gasteiger partial charge in [0.2, 0.25) is 11.1 Å². The first kappa shape index (κ1) is 18.9. The fourth-order valence-corrected chi connectivity index (χ4v) is 3.98. The van der Waals surface area contributed by atoms with Crippen molar-refractivity contribution >= 4 is 17.7 Å². The standard InChI is InChI=1S/C19H27N5OS/c1-14(2)16-8-10-17(11-9-16)24-19(21-22-23-24)26-13-18(25)20-12-15-6-4-3-5-7-15/h8-11,14-15H,3-7,12-13H2,1-2H3,(H,20,25). The number of benzene rings is 1. The van der Waals surface area contributed by atoms with Crippen molar-refractivity contribution in [3.63, 3.8) is 0 Å². The summed E-state index contributed by atoms with van der Waals surface area (Å²) >= 11 is 1.37. The number of tetrazole rings is 1. The van der Waals surface area contributed by atoms with E-state index in [0.29, 0.717) is 22.7 Å². The van der Waals surface area contributed by atoms with Crippen molar-refractivity contribution in [3.8, 4) is 5.69 Å². The first-order valence-corrected chi connectivity index (χ1v) is 10.4. The zero-order chi connectivity index (χ0) is 18.4. The maximum absolute atomic E-state index is 12.1. The predicted molar refractivity (Wildman–Crippen MR) is 104 cm³/mol. The van der Waals surface area contributed by atoms with E-state index in [1.165, 1.54) is 49.4 Å². The minimum absolute atomic E-state index is 0.0466. The Morgan fingerprint density at radius 3 is 2.65 bits per heavy atom.